The van der Waals surface area contributed by atoms with Crippen molar-refractivity contribution in [1.82, 2.24) is 0 Å². The molecule has 0 spiro atoms. The molecule has 1 aromatic rings. The smallest absolute Gasteiger partial charge is 0.336 e. The first-order chi connectivity index (χ1) is 8.59. The summed E-state index contributed by atoms with van der Waals surface area (Å²) in [5, 5.41) is 11.9. The molecular formula is C12H13BrFNO3. The van der Waals surface area contributed by atoms with Crippen molar-refractivity contribution in [2.45, 2.75) is 18.9 Å². The Kier molecular flexibility index (Phi) is 4.19. The number of carboxylic acid groups (broad SMARTS) is 1. The van der Waals surface area contributed by atoms with E-state index in [2.05, 4.69) is 21.2 Å². The number of ether oxygens (including phenoxy) is 1. The fourth-order valence-electron chi connectivity index (χ4n) is 1.89. The van der Waals surface area contributed by atoms with Gasteiger partial charge in [0.2, 0.25) is 0 Å². The normalized spacial score (nSPS) is 16.6. The lowest BCUT2D eigenvalue weighted by Gasteiger charge is -2.24. The maximum absolute atomic E-state index is 14.0. The lowest BCUT2D eigenvalue weighted by molar-refractivity contribution is 0.0695. The molecule has 4 nitrogen and oxygen atoms in total. The number of hydrogen-bond acceptors (Lipinski definition) is 3. The van der Waals surface area contributed by atoms with Gasteiger partial charge in [0.1, 0.15) is 0 Å². The first-order valence-corrected chi connectivity index (χ1v) is 6.44. The minimum Gasteiger partial charge on any atom is -0.478 e. The topological polar surface area (TPSA) is 58.6 Å². The second-order valence-corrected chi connectivity index (χ2v) is 4.92. The van der Waals surface area contributed by atoms with Crippen molar-refractivity contribution in [3.05, 3.63) is 28.0 Å². The van der Waals surface area contributed by atoms with Gasteiger partial charge in [-0.25, -0.2) is 9.18 Å². The predicted molar refractivity (Wildman–Crippen MR) is 68.5 cm³/mol. The van der Waals surface area contributed by atoms with Crippen LogP contribution in [0.1, 0.15) is 23.2 Å². The van der Waals surface area contributed by atoms with Crippen LogP contribution in [0.15, 0.2) is 16.6 Å². The van der Waals surface area contributed by atoms with E-state index in [0.717, 1.165) is 12.8 Å². The summed E-state index contributed by atoms with van der Waals surface area (Å²) in [6.07, 6.45) is 1.63. The average Bonchev–Trinajstić information content (AvgIpc) is 2.36. The second kappa shape index (κ2) is 5.67. The molecule has 0 aromatic heterocycles. The average molecular weight is 318 g/mol. The van der Waals surface area contributed by atoms with Gasteiger partial charge in [0.15, 0.2) is 5.82 Å². The van der Waals surface area contributed by atoms with Crippen molar-refractivity contribution >= 4 is 27.6 Å². The molecule has 2 rings (SSSR count). The summed E-state index contributed by atoms with van der Waals surface area (Å²) in [7, 11) is 0. The lowest BCUT2D eigenvalue weighted by Crippen LogP contribution is -2.28. The molecule has 1 fully saturated rings. The van der Waals surface area contributed by atoms with Gasteiger partial charge in [-0.05, 0) is 40.9 Å². The molecular weight excluding hydrogens is 305 g/mol. The summed E-state index contributed by atoms with van der Waals surface area (Å²) in [4.78, 5) is 10.8. The SMILES string of the molecule is O=C(O)c1ccc(NC2CCOCC2)c(F)c1Br. The second-order valence-electron chi connectivity index (χ2n) is 4.12. The predicted octanol–water partition coefficient (Wildman–Crippen LogP) is 2.88. The van der Waals surface area contributed by atoms with Crippen LogP contribution in [-0.4, -0.2) is 30.3 Å². The zero-order chi connectivity index (χ0) is 13.1. The maximum Gasteiger partial charge on any atom is 0.336 e. The number of halogens is 2. The number of hydrogen-bond donors (Lipinski definition) is 2. The summed E-state index contributed by atoms with van der Waals surface area (Å²) < 4.78 is 19.2. The molecule has 0 bridgehead atoms. The van der Waals surface area contributed by atoms with E-state index in [0.29, 0.717) is 18.9 Å². The molecule has 0 saturated carbocycles. The van der Waals surface area contributed by atoms with Crippen LogP contribution >= 0.6 is 15.9 Å². The number of carbonyl (C=O) groups is 1. The van der Waals surface area contributed by atoms with Gasteiger partial charge < -0.3 is 15.2 Å². The van der Waals surface area contributed by atoms with Crippen LogP contribution in [-0.2, 0) is 4.74 Å². The van der Waals surface area contributed by atoms with Crippen molar-refractivity contribution in [1.29, 1.82) is 0 Å². The van der Waals surface area contributed by atoms with Gasteiger partial charge in [-0.1, -0.05) is 0 Å². The molecule has 2 N–H and O–H groups in total. The Bertz CT molecular complexity index is 461. The van der Waals surface area contributed by atoms with Crippen LogP contribution in [0.3, 0.4) is 0 Å². The third-order valence-corrected chi connectivity index (χ3v) is 3.67. The number of carboxylic acids is 1. The highest BCUT2D eigenvalue weighted by atomic mass is 79.9. The molecule has 1 saturated heterocycles. The van der Waals surface area contributed by atoms with Gasteiger partial charge in [-0.15, -0.1) is 0 Å². The van der Waals surface area contributed by atoms with Crippen LogP contribution in [0.25, 0.3) is 0 Å². The van der Waals surface area contributed by atoms with Gasteiger partial charge in [-0.2, -0.15) is 0 Å². The Morgan fingerprint density at radius 2 is 2.11 bits per heavy atom. The lowest BCUT2D eigenvalue weighted by atomic mass is 10.1. The van der Waals surface area contributed by atoms with E-state index in [4.69, 9.17) is 9.84 Å². The van der Waals surface area contributed by atoms with E-state index in [9.17, 15) is 9.18 Å². The Morgan fingerprint density at radius 3 is 2.72 bits per heavy atom. The standard InChI is InChI=1S/C12H13BrFNO3/c13-10-8(12(16)17)1-2-9(11(10)14)15-7-3-5-18-6-4-7/h1-2,7,15H,3-6H2,(H,16,17). The molecule has 1 aromatic carbocycles. The van der Waals surface area contributed by atoms with Crippen molar-refractivity contribution in [2.24, 2.45) is 0 Å². The van der Waals surface area contributed by atoms with Crippen LogP contribution in [0.5, 0.6) is 0 Å². The number of nitrogens with one attached hydrogen (secondary N) is 1. The minimum atomic E-state index is -1.15. The molecule has 98 valence electrons. The van der Waals surface area contributed by atoms with Crippen molar-refractivity contribution in [3.8, 4) is 0 Å². The van der Waals surface area contributed by atoms with E-state index in [-0.39, 0.29) is 16.1 Å². The van der Waals surface area contributed by atoms with Crippen LogP contribution in [0, 0.1) is 5.82 Å². The highest BCUT2D eigenvalue weighted by molar-refractivity contribution is 9.10. The van der Waals surface area contributed by atoms with E-state index in [1.165, 1.54) is 12.1 Å². The first kappa shape index (κ1) is 13.3. The number of aromatic carboxylic acids is 1. The quantitative estimate of drug-likeness (QED) is 0.900. The van der Waals surface area contributed by atoms with Gasteiger partial charge in [-0.3, -0.25) is 0 Å². The molecule has 0 amide bonds. The molecule has 6 heteroatoms. The molecule has 0 atom stereocenters. The van der Waals surface area contributed by atoms with E-state index in [1.807, 2.05) is 0 Å². The molecule has 0 radical (unpaired) electrons. The van der Waals surface area contributed by atoms with Gasteiger partial charge in [0.05, 0.1) is 15.7 Å². The minimum absolute atomic E-state index is 0.0212. The van der Waals surface area contributed by atoms with Gasteiger partial charge in [0, 0.05) is 19.3 Å². The summed E-state index contributed by atoms with van der Waals surface area (Å²) in [5.41, 5.74) is 0.240. The third-order valence-electron chi connectivity index (χ3n) is 2.89. The summed E-state index contributed by atoms with van der Waals surface area (Å²) >= 11 is 2.98. The molecule has 1 heterocycles. The zero-order valence-electron chi connectivity index (χ0n) is 9.58. The van der Waals surface area contributed by atoms with Gasteiger partial charge >= 0.3 is 5.97 Å². The van der Waals surface area contributed by atoms with Crippen molar-refractivity contribution in [3.63, 3.8) is 0 Å². The fourth-order valence-corrected chi connectivity index (χ4v) is 2.40. The largest absolute Gasteiger partial charge is 0.478 e. The molecule has 1 aliphatic rings. The molecule has 0 aliphatic carbocycles. The molecule has 0 unspecified atom stereocenters. The summed E-state index contributed by atoms with van der Waals surface area (Å²) in [6.45, 7) is 1.32. The van der Waals surface area contributed by atoms with E-state index >= 15 is 0 Å². The highest BCUT2D eigenvalue weighted by Gasteiger charge is 2.19. The maximum atomic E-state index is 14.0. The number of rotatable bonds is 3. The first-order valence-electron chi connectivity index (χ1n) is 5.65. The van der Waals surface area contributed by atoms with Crippen molar-refractivity contribution in [2.75, 3.05) is 18.5 Å². The highest BCUT2D eigenvalue weighted by Crippen LogP contribution is 2.28. The van der Waals surface area contributed by atoms with Crippen molar-refractivity contribution < 1.29 is 19.0 Å². The monoisotopic (exact) mass is 317 g/mol. The Labute approximate surface area is 112 Å². The zero-order valence-corrected chi connectivity index (χ0v) is 11.2. The number of benzene rings is 1. The van der Waals surface area contributed by atoms with Crippen LogP contribution in [0.4, 0.5) is 10.1 Å². The number of anilines is 1. The summed E-state index contributed by atoms with van der Waals surface area (Å²) in [6, 6.07) is 3.01. The Hall–Kier alpha value is -1.14. The van der Waals surface area contributed by atoms with Gasteiger partial charge in [0.25, 0.3) is 0 Å². The third kappa shape index (κ3) is 2.81. The molecule has 18 heavy (non-hydrogen) atoms. The Balaban J connectivity index is 2.18. The van der Waals surface area contributed by atoms with Crippen LogP contribution < -0.4 is 5.32 Å². The molecule has 1 aliphatic heterocycles. The summed E-state index contributed by atoms with van der Waals surface area (Å²) in [5.74, 6) is -1.72. The van der Waals surface area contributed by atoms with E-state index in [1.54, 1.807) is 0 Å². The van der Waals surface area contributed by atoms with E-state index < -0.39 is 11.8 Å². The fraction of sp³-hybridized carbons (Fsp3) is 0.417. The van der Waals surface area contributed by atoms with Crippen LogP contribution in [0.2, 0.25) is 0 Å². The Morgan fingerprint density at radius 1 is 1.44 bits per heavy atom.